The lowest BCUT2D eigenvalue weighted by atomic mass is 10.1. The van der Waals surface area contributed by atoms with Gasteiger partial charge in [0.15, 0.2) is 5.96 Å². The zero-order valence-electron chi connectivity index (χ0n) is 15.1. The maximum atomic E-state index is 6.06. The van der Waals surface area contributed by atoms with Crippen molar-refractivity contribution in [2.75, 3.05) is 40.5 Å². The topological polar surface area (TPSA) is 64.1 Å². The van der Waals surface area contributed by atoms with Gasteiger partial charge in [-0.2, -0.15) is 0 Å². The summed E-state index contributed by atoms with van der Waals surface area (Å²) in [5.41, 5.74) is 1.02. The first-order valence-corrected chi connectivity index (χ1v) is 8.95. The van der Waals surface area contributed by atoms with Gasteiger partial charge in [-0.1, -0.05) is 23.7 Å². The Morgan fingerprint density at radius 3 is 2.96 bits per heavy atom. The van der Waals surface area contributed by atoms with Crippen molar-refractivity contribution in [3.8, 4) is 0 Å². The van der Waals surface area contributed by atoms with Crippen LogP contribution in [0.25, 0.3) is 0 Å². The van der Waals surface area contributed by atoms with E-state index in [9.17, 15) is 0 Å². The van der Waals surface area contributed by atoms with E-state index >= 15 is 0 Å². The molecule has 0 spiro atoms. The van der Waals surface area contributed by atoms with E-state index in [0.717, 1.165) is 18.6 Å². The second-order valence-electron chi connectivity index (χ2n) is 6.10. The summed E-state index contributed by atoms with van der Waals surface area (Å²) in [5.74, 6) is 0.711. The van der Waals surface area contributed by atoms with E-state index in [2.05, 4.69) is 22.5 Å². The Morgan fingerprint density at radius 1 is 1.48 bits per heavy atom. The molecule has 2 rings (SSSR count). The molecule has 3 unspecified atom stereocenters. The van der Waals surface area contributed by atoms with Crippen LogP contribution in [0, 0.1) is 0 Å². The number of methoxy groups -OCH3 is 1. The molecule has 25 heavy (non-hydrogen) atoms. The first-order chi connectivity index (χ1) is 12.1. The number of nitrogens with one attached hydrogen (secondary N) is 2. The predicted octanol–water partition coefficient (Wildman–Crippen LogP) is 2.39. The van der Waals surface area contributed by atoms with Crippen LogP contribution in [-0.4, -0.2) is 58.6 Å². The fourth-order valence-electron chi connectivity index (χ4n) is 2.63. The van der Waals surface area contributed by atoms with E-state index in [0.29, 0.717) is 30.7 Å². The SMILES string of the molecule is CN=C(NCC(OC)c1cccc(Cl)c1)NC(C)COC1CCOC1. The zero-order chi connectivity index (χ0) is 18.1. The number of benzene rings is 1. The van der Waals surface area contributed by atoms with Crippen molar-refractivity contribution in [2.24, 2.45) is 4.99 Å². The molecule has 0 aliphatic carbocycles. The van der Waals surface area contributed by atoms with Crippen LogP contribution in [0.4, 0.5) is 0 Å². The second-order valence-corrected chi connectivity index (χ2v) is 6.53. The second kappa shape index (κ2) is 10.6. The molecule has 1 heterocycles. The largest absolute Gasteiger partial charge is 0.379 e. The van der Waals surface area contributed by atoms with Gasteiger partial charge in [0.05, 0.1) is 25.4 Å². The molecule has 1 saturated heterocycles. The van der Waals surface area contributed by atoms with Crippen LogP contribution in [-0.2, 0) is 14.2 Å². The molecule has 3 atom stereocenters. The number of ether oxygens (including phenoxy) is 3. The Kier molecular flexibility index (Phi) is 8.48. The van der Waals surface area contributed by atoms with Crippen molar-refractivity contribution in [2.45, 2.75) is 31.6 Å². The monoisotopic (exact) mass is 369 g/mol. The van der Waals surface area contributed by atoms with Crippen LogP contribution in [0.1, 0.15) is 25.0 Å². The highest BCUT2D eigenvalue weighted by atomic mass is 35.5. The number of guanidine groups is 1. The third-order valence-electron chi connectivity index (χ3n) is 4.04. The molecule has 1 aromatic carbocycles. The quantitative estimate of drug-likeness (QED) is 0.544. The fraction of sp³-hybridized carbons (Fsp3) is 0.611. The van der Waals surface area contributed by atoms with Gasteiger partial charge in [0, 0.05) is 38.4 Å². The number of aliphatic imine (C=N–C) groups is 1. The minimum atomic E-state index is -0.112. The minimum absolute atomic E-state index is 0.112. The Labute approximate surface area is 154 Å². The van der Waals surface area contributed by atoms with Crippen LogP contribution < -0.4 is 10.6 Å². The lowest BCUT2D eigenvalue weighted by molar-refractivity contribution is 0.0347. The zero-order valence-corrected chi connectivity index (χ0v) is 15.9. The van der Waals surface area contributed by atoms with Crippen molar-refractivity contribution >= 4 is 17.6 Å². The maximum Gasteiger partial charge on any atom is 0.191 e. The fourth-order valence-corrected chi connectivity index (χ4v) is 2.83. The van der Waals surface area contributed by atoms with Crippen molar-refractivity contribution < 1.29 is 14.2 Å². The van der Waals surface area contributed by atoms with Crippen LogP contribution >= 0.6 is 11.6 Å². The third-order valence-corrected chi connectivity index (χ3v) is 4.27. The Hall–Kier alpha value is -1.34. The highest BCUT2D eigenvalue weighted by Crippen LogP contribution is 2.19. The van der Waals surface area contributed by atoms with E-state index in [1.54, 1.807) is 14.2 Å². The molecule has 1 fully saturated rings. The molecule has 0 amide bonds. The number of hydrogen-bond acceptors (Lipinski definition) is 4. The van der Waals surface area contributed by atoms with Crippen molar-refractivity contribution in [1.82, 2.24) is 10.6 Å². The highest BCUT2D eigenvalue weighted by molar-refractivity contribution is 6.30. The molecular formula is C18H28ClN3O3. The summed E-state index contributed by atoms with van der Waals surface area (Å²) in [7, 11) is 3.43. The average molecular weight is 370 g/mol. The molecule has 0 bridgehead atoms. The van der Waals surface area contributed by atoms with Gasteiger partial charge in [-0.3, -0.25) is 4.99 Å². The van der Waals surface area contributed by atoms with Gasteiger partial charge in [-0.05, 0) is 31.0 Å². The predicted molar refractivity (Wildman–Crippen MR) is 100 cm³/mol. The normalized spacial score (nSPS) is 20.3. The Balaban J connectivity index is 1.78. The summed E-state index contributed by atoms with van der Waals surface area (Å²) in [5, 5.41) is 7.31. The van der Waals surface area contributed by atoms with Crippen LogP contribution in [0.2, 0.25) is 5.02 Å². The highest BCUT2D eigenvalue weighted by Gasteiger charge is 2.17. The molecule has 1 aromatic rings. The number of rotatable bonds is 8. The molecular weight excluding hydrogens is 342 g/mol. The molecule has 140 valence electrons. The first-order valence-electron chi connectivity index (χ1n) is 8.57. The third kappa shape index (κ3) is 6.82. The van der Waals surface area contributed by atoms with Gasteiger partial charge in [0.2, 0.25) is 0 Å². The van der Waals surface area contributed by atoms with Gasteiger partial charge in [-0.25, -0.2) is 0 Å². The summed E-state index contributed by atoms with van der Waals surface area (Å²) in [6.45, 7) is 4.73. The van der Waals surface area contributed by atoms with E-state index < -0.39 is 0 Å². The van der Waals surface area contributed by atoms with Gasteiger partial charge in [-0.15, -0.1) is 0 Å². The molecule has 1 aliphatic heterocycles. The number of hydrogen-bond donors (Lipinski definition) is 2. The van der Waals surface area contributed by atoms with Gasteiger partial charge < -0.3 is 24.8 Å². The van der Waals surface area contributed by atoms with Gasteiger partial charge >= 0.3 is 0 Å². The molecule has 6 nitrogen and oxygen atoms in total. The smallest absolute Gasteiger partial charge is 0.191 e. The first kappa shape index (κ1) is 20.0. The van der Waals surface area contributed by atoms with Crippen molar-refractivity contribution in [3.05, 3.63) is 34.9 Å². The van der Waals surface area contributed by atoms with Crippen LogP contribution in [0.5, 0.6) is 0 Å². The lowest BCUT2D eigenvalue weighted by Crippen LogP contribution is -2.45. The minimum Gasteiger partial charge on any atom is -0.379 e. The van der Waals surface area contributed by atoms with E-state index in [4.69, 9.17) is 25.8 Å². The Bertz CT molecular complexity index is 550. The summed E-state index contributed by atoms with van der Waals surface area (Å²) in [4.78, 5) is 4.26. The lowest BCUT2D eigenvalue weighted by Gasteiger charge is -2.22. The molecule has 0 aromatic heterocycles. The molecule has 7 heteroatoms. The Morgan fingerprint density at radius 2 is 2.32 bits per heavy atom. The van der Waals surface area contributed by atoms with Crippen LogP contribution in [0.15, 0.2) is 29.3 Å². The number of halogens is 1. The van der Waals surface area contributed by atoms with E-state index in [1.165, 1.54) is 0 Å². The standard InChI is InChI=1S/C18H28ClN3O3/c1-13(11-25-16-7-8-24-12-16)22-18(20-2)21-10-17(23-3)14-5-4-6-15(19)9-14/h4-6,9,13,16-17H,7-8,10-12H2,1-3H3,(H2,20,21,22). The average Bonchev–Trinajstić information content (AvgIpc) is 3.13. The summed E-state index contributed by atoms with van der Waals surface area (Å²) in [6.07, 6.45) is 1.06. The van der Waals surface area contributed by atoms with Gasteiger partial charge in [0.25, 0.3) is 0 Å². The number of nitrogens with zero attached hydrogens (tertiary/aromatic N) is 1. The summed E-state index contributed by atoms with van der Waals surface area (Å²) in [6, 6.07) is 7.82. The molecule has 0 saturated carbocycles. The van der Waals surface area contributed by atoms with E-state index in [-0.39, 0.29) is 18.2 Å². The summed E-state index contributed by atoms with van der Waals surface area (Å²) < 4.78 is 16.7. The van der Waals surface area contributed by atoms with Crippen LogP contribution in [0.3, 0.4) is 0 Å². The van der Waals surface area contributed by atoms with Gasteiger partial charge in [0.1, 0.15) is 0 Å². The molecule has 1 aliphatic rings. The van der Waals surface area contributed by atoms with Crippen molar-refractivity contribution in [1.29, 1.82) is 0 Å². The molecule has 0 radical (unpaired) electrons. The van der Waals surface area contributed by atoms with Crippen molar-refractivity contribution in [3.63, 3.8) is 0 Å². The maximum absolute atomic E-state index is 6.06. The summed E-state index contributed by atoms with van der Waals surface area (Å²) >= 11 is 6.06. The van der Waals surface area contributed by atoms with E-state index in [1.807, 2.05) is 24.3 Å². The molecule has 2 N–H and O–H groups in total.